The number of benzene rings is 1. The minimum Gasteiger partial charge on any atom is -0.497 e. The van der Waals surface area contributed by atoms with Crippen molar-refractivity contribution in [3.8, 4) is 11.4 Å². The number of nitrogens with one attached hydrogen (secondary N) is 1. The summed E-state index contributed by atoms with van der Waals surface area (Å²) < 4.78 is 6.85. The lowest BCUT2D eigenvalue weighted by Crippen LogP contribution is -2.31. The number of nitrogens with zero attached hydrogens (tertiary/aromatic N) is 4. The number of hydrogen-bond acceptors (Lipinski definition) is 5. The van der Waals surface area contributed by atoms with Gasteiger partial charge in [0.2, 0.25) is 0 Å². The molecule has 1 atom stereocenters. The van der Waals surface area contributed by atoms with Gasteiger partial charge in [0, 0.05) is 13.1 Å². The molecular formula is C17H23N5O2. The predicted octanol–water partition coefficient (Wildman–Crippen LogP) is 1.27. The van der Waals surface area contributed by atoms with Crippen LogP contribution in [0.4, 0.5) is 0 Å². The van der Waals surface area contributed by atoms with Crippen LogP contribution in [0.15, 0.2) is 24.3 Å². The summed E-state index contributed by atoms with van der Waals surface area (Å²) in [5, 5.41) is 11.5. The molecule has 1 aromatic carbocycles. The second-order valence-corrected chi connectivity index (χ2v) is 6.10. The smallest absolute Gasteiger partial charge is 0.276 e. The molecule has 7 heteroatoms. The predicted molar refractivity (Wildman–Crippen MR) is 90.6 cm³/mol. The fourth-order valence-corrected chi connectivity index (χ4v) is 3.12. The van der Waals surface area contributed by atoms with E-state index in [0.29, 0.717) is 11.6 Å². The molecule has 0 aliphatic carbocycles. The van der Waals surface area contributed by atoms with Crippen LogP contribution in [0, 0.1) is 12.8 Å². The van der Waals surface area contributed by atoms with Gasteiger partial charge < -0.3 is 15.0 Å². The maximum Gasteiger partial charge on any atom is 0.276 e. The first-order chi connectivity index (χ1) is 11.6. The number of carbonyl (C=O) groups is 1. The summed E-state index contributed by atoms with van der Waals surface area (Å²) in [5.41, 5.74) is 2.03. The van der Waals surface area contributed by atoms with Gasteiger partial charge in [-0.25, -0.2) is 4.68 Å². The molecule has 7 nitrogen and oxygen atoms in total. The Hall–Kier alpha value is -2.41. The van der Waals surface area contributed by atoms with E-state index in [2.05, 4.69) is 15.6 Å². The first-order valence-corrected chi connectivity index (χ1v) is 8.14. The molecule has 3 rings (SSSR count). The molecule has 1 aromatic heterocycles. The lowest BCUT2D eigenvalue weighted by atomic mass is 10.1. The van der Waals surface area contributed by atoms with Gasteiger partial charge in [-0.2, -0.15) is 0 Å². The Morgan fingerprint density at radius 1 is 1.38 bits per heavy atom. The van der Waals surface area contributed by atoms with E-state index < -0.39 is 0 Å². The molecule has 1 fully saturated rings. The Bertz CT molecular complexity index is 710. The van der Waals surface area contributed by atoms with Gasteiger partial charge >= 0.3 is 0 Å². The molecule has 1 unspecified atom stereocenters. The van der Waals surface area contributed by atoms with Crippen molar-refractivity contribution in [2.75, 3.05) is 33.8 Å². The fraction of sp³-hybridized carbons (Fsp3) is 0.471. The Kier molecular flexibility index (Phi) is 4.80. The summed E-state index contributed by atoms with van der Waals surface area (Å²) in [6.07, 6.45) is 1.03. The summed E-state index contributed by atoms with van der Waals surface area (Å²) >= 11 is 0. The maximum absolute atomic E-state index is 12.7. The molecule has 128 valence electrons. The van der Waals surface area contributed by atoms with Crippen molar-refractivity contribution < 1.29 is 9.53 Å². The van der Waals surface area contributed by atoms with E-state index in [0.717, 1.165) is 43.2 Å². The van der Waals surface area contributed by atoms with E-state index in [4.69, 9.17) is 4.74 Å². The maximum atomic E-state index is 12.7. The molecule has 0 radical (unpaired) electrons. The number of amides is 1. The SMILES string of the molecule is CNCC1CCN(C(=O)c2nnn(-c3ccc(OC)cc3)c2C)C1. The number of hydrogen-bond donors (Lipinski definition) is 1. The minimum atomic E-state index is -0.0362. The van der Waals surface area contributed by atoms with Crippen LogP contribution in [0.1, 0.15) is 22.6 Å². The van der Waals surface area contributed by atoms with E-state index in [1.165, 1.54) is 0 Å². The van der Waals surface area contributed by atoms with Crippen LogP contribution in [0.2, 0.25) is 0 Å². The van der Waals surface area contributed by atoms with Gasteiger partial charge in [-0.1, -0.05) is 5.21 Å². The third kappa shape index (κ3) is 3.12. The van der Waals surface area contributed by atoms with Crippen LogP contribution in [-0.2, 0) is 0 Å². The summed E-state index contributed by atoms with van der Waals surface area (Å²) in [6.45, 7) is 4.36. The van der Waals surface area contributed by atoms with Crippen molar-refractivity contribution in [1.29, 1.82) is 0 Å². The number of likely N-dealkylation sites (tertiary alicyclic amines) is 1. The van der Waals surface area contributed by atoms with E-state index >= 15 is 0 Å². The topological polar surface area (TPSA) is 72.3 Å². The van der Waals surface area contributed by atoms with Crippen molar-refractivity contribution in [2.45, 2.75) is 13.3 Å². The van der Waals surface area contributed by atoms with Crippen LogP contribution in [0.25, 0.3) is 5.69 Å². The van der Waals surface area contributed by atoms with Gasteiger partial charge in [0.15, 0.2) is 5.69 Å². The lowest BCUT2D eigenvalue weighted by Gasteiger charge is -2.15. The standard InChI is InChI=1S/C17H23N5O2/c1-12-16(17(23)21-9-8-13(11-21)10-18-2)19-20-22(12)14-4-6-15(24-3)7-5-14/h4-7,13,18H,8-11H2,1-3H3. The van der Waals surface area contributed by atoms with E-state index in [9.17, 15) is 4.79 Å². The fourth-order valence-electron chi connectivity index (χ4n) is 3.12. The number of methoxy groups -OCH3 is 1. The molecule has 24 heavy (non-hydrogen) atoms. The molecule has 0 bridgehead atoms. The zero-order valence-electron chi connectivity index (χ0n) is 14.3. The molecule has 2 heterocycles. The Labute approximate surface area is 141 Å². The number of aromatic nitrogens is 3. The van der Waals surface area contributed by atoms with Gasteiger partial charge in [-0.15, -0.1) is 5.10 Å². The summed E-state index contributed by atoms with van der Waals surface area (Å²) in [4.78, 5) is 14.6. The Balaban J connectivity index is 1.78. The van der Waals surface area contributed by atoms with Crippen LogP contribution < -0.4 is 10.1 Å². The van der Waals surface area contributed by atoms with Crippen molar-refractivity contribution in [1.82, 2.24) is 25.2 Å². The second kappa shape index (κ2) is 7.00. The van der Waals surface area contributed by atoms with E-state index in [-0.39, 0.29) is 5.91 Å². The number of rotatable bonds is 5. The Morgan fingerprint density at radius 3 is 2.79 bits per heavy atom. The summed E-state index contributed by atoms with van der Waals surface area (Å²) in [7, 11) is 3.57. The number of carbonyl (C=O) groups excluding carboxylic acids is 1. The highest BCUT2D eigenvalue weighted by atomic mass is 16.5. The Morgan fingerprint density at radius 2 is 2.12 bits per heavy atom. The molecule has 1 amide bonds. The third-order valence-corrected chi connectivity index (χ3v) is 4.48. The first kappa shape index (κ1) is 16.4. The van der Waals surface area contributed by atoms with Crippen molar-refractivity contribution in [2.24, 2.45) is 5.92 Å². The van der Waals surface area contributed by atoms with E-state index in [1.54, 1.807) is 11.8 Å². The van der Waals surface area contributed by atoms with Crippen molar-refractivity contribution in [3.63, 3.8) is 0 Å². The largest absolute Gasteiger partial charge is 0.497 e. The zero-order valence-corrected chi connectivity index (χ0v) is 14.3. The van der Waals surface area contributed by atoms with Crippen LogP contribution >= 0.6 is 0 Å². The highest BCUT2D eigenvalue weighted by Gasteiger charge is 2.29. The molecule has 1 aliphatic rings. The van der Waals surface area contributed by atoms with Gasteiger partial charge in [-0.3, -0.25) is 4.79 Å². The monoisotopic (exact) mass is 329 g/mol. The summed E-state index contributed by atoms with van der Waals surface area (Å²) in [6, 6.07) is 7.52. The van der Waals surface area contributed by atoms with Crippen LogP contribution in [0.5, 0.6) is 5.75 Å². The van der Waals surface area contributed by atoms with Crippen molar-refractivity contribution in [3.05, 3.63) is 35.7 Å². The van der Waals surface area contributed by atoms with Crippen LogP contribution in [-0.4, -0.2) is 59.6 Å². The number of ether oxygens (including phenoxy) is 1. The van der Waals surface area contributed by atoms with Gasteiger partial charge in [0.1, 0.15) is 5.75 Å². The van der Waals surface area contributed by atoms with Gasteiger partial charge in [0.05, 0.1) is 18.5 Å². The average Bonchev–Trinajstić information content (AvgIpc) is 3.22. The van der Waals surface area contributed by atoms with Crippen LogP contribution in [0.3, 0.4) is 0 Å². The van der Waals surface area contributed by atoms with Gasteiger partial charge in [-0.05, 0) is 57.1 Å². The molecule has 1 saturated heterocycles. The zero-order chi connectivity index (χ0) is 17.1. The molecule has 0 spiro atoms. The molecular weight excluding hydrogens is 306 g/mol. The molecule has 2 aromatic rings. The third-order valence-electron chi connectivity index (χ3n) is 4.48. The summed E-state index contributed by atoms with van der Waals surface area (Å²) in [5.74, 6) is 1.25. The van der Waals surface area contributed by atoms with Crippen molar-refractivity contribution >= 4 is 5.91 Å². The quantitative estimate of drug-likeness (QED) is 0.894. The molecule has 1 aliphatic heterocycles. The highest BCUT2D eigenvalue weighted by molar-refractivity contribution is 5.93. The van der Waals surface area contributed by atoms with E-state index in [1.807, 2.05) is 43.1 Å². The molecule has 0 saturated carbocycles. The average molecular weight is 329 g/mol. The minimum absolute atomic E-state index is 0.0362. The molecule has 1 N–H and O–H groups in total. The first-order valence-electron chi connectivity index (χ1n) is 8.14. The second-order valence-electron chi connectivity index (χ2n) is 6.10. The van der Waals surface area contributed by atoms with Gasteiger partial charge in [0.25, 0.3) is 5.91 Å². The normalized spacial score (nSPS) is 17.3. The highest BCUT2D eigenvalue weighted by Crippen LogP contribution is 2.21. The lowest BCUT2D eigenvalue weighted by molar-refractivity contribution is 0.0780.